The summed E-state index contributed by atoms with van der Waals surface area (Å²) in [5.41, 5.74) is -5.36. The van der Waals surface area contributed by atoms with E-state index in [2.05, 4.69) is 48.5 Å². The van der Waals surface area contributed by atoms with Crippen LogP contribution in [0, 0.1) is 151 Å². The standard InChI is InChI=1S/C24H38O4.C21H32O7.CH4.2Ac/c1-12-10-24(27)16(5)19-22(8,13(2)9-17-23(19,26)11-28-17)20(25)15(4)18(14(12)3)21(24,6)7;1-9-11(22)7-21(27)10(2)16-19(5,12(23)6-13-20(16,26)8-28-13)17(25)15(24)14(9)18(21,3)4;;;/h12-13,15-17,19,26-27H,9-11H2,1-8H3;10-13,15-16,22-24,26-27H,6-8H2,1-5H3;1H4;;. The molecule has 0 aromatic carbocycles. The molecule has 8 rings (SSSR count). The van der Waals surface area contributed by atoms with Crippen molar-refractivity contribution in [3.05, 3.63) is 22.3 Å². The van der Waals surface area contributed by atoms with E-state index in [1.807, 2.05) is 6.92 Å². The SMILES string of the molecule is C.CC1=C2C(C)C(=O)C3(C)C(C)CC4OCC4(O)C3C(C)C(O)(CC1C)C2(C)C.CC1=C2C(O)C(=O)C3(C)C(O)CC4OCC4(O)C3C(C)C(O)(CC1O)C2(C)C.[Ac].[Ac]. The zero-order valence-corrected chi connectivity index (χ0v) is 46.6. The number of fused-ring (bicyclic) bond motifs is 10. The van der Waals surface area contributed by atoms with Crippen LogP contribution in [-0.4, -0.2) is 113 Å². The molecule has 6 aliphatic carbocycles. The number of allylic oxidation sites excluding steroid dienone is 1. The predicted octanol–water partition coefficient (Wildman–Crippen LogP) is 4.30. The van der Waals surface area contributed by atoms with E-state index in [1.165, 1.54) is 5.57 Å². The normalized spacial score (nSPS) is 52.7. The third kappa shape index (κ3) is 6.49. The fraction of sp³-hybridized carbons (Fsp3) is 0.870. The average Bonchev–Trinajstić information content (AvgIpc) is 3.10. The predicted molar refractivity (Wildman–Crippen MR) is 214 cm³/mol. The van der Waals surface area contributed by atoms with Crippen molar-refractivity contribution in [2.45, 2.75) is 176 Å². The Balaban J connectivity index is 0.000000248. The minimum atomic E-state index is -1.58. The molecule has 18 unspecified atom stereocenters. The van der Waals surface area contributed by atoms with Crippen LogP contribution in [-0.2, 0) is 19.1 Å². The van der Waals surface area contributed by atoms with Crippen LogP contribution < -0.4 is 0 Å². The largest absolute Gasteiger partial charge is 0.392 e. The molecule has 0 aromatic heterocycles. The first-order valence-electron chi connectivity index (χ1n) is 21.2. The number of ether oxygens (including phenoxy) is 2. The van der Waals surface area contributed by atoms with Crippen LogP contribution in [0.2, 0.25) is 0 Å². The fourth-order valence-electron chi connectivity index (χ4n) is 15.1. The van der Waals surface area contributed by atoms with Gasteiger partial charge < -0.3 is 45.2 Å². The van der Waals surface area contributed by atoms with E-state index in [0.717, 1.165) is 5.57 Å². The van der Waals surface area contributed by atoms with Crippen LogP contribution >= 0.6 is 0 Å². The Morgan fingerprint density at radius 2 is 1.05 bits per heavy atom. The molecular formula is C46H74Ac2O11. The van der Waals surface area contributed by atoms with Crippen molar-refractivity contribution in [3.8, 4) is 0 Å². The fourth-order valence-corrected chi connectivity index (χ4v) is 15.1. The van der Waals surface area contributed by atoms with Crippen molar-refractivity contribution in [1.82, 2.24) is 0 Å². The Morgan fingerprint density at radius 1 is 0.610 bits per heavy atom. The monoisotopic (exact) mass is 1260 g/mol. The maximum absolute atomic E-state index is 14.1. The number of carbonyl (C=O) groups is 2. The van der Waals surface area contributed by atoms with Gasteiger partial charge in [0.15, 0.2) is 5.78 Å². The van der Waals surface area contributed by atoms with Crippen LogP contribution in [0.5, 0.6) is 0 Å². The van der Waals surface area contributed by atoms with Crippen LogP contribution in [0.25, 0.3) is 0 Å². The molecule has 6 fully saturated rings. The van der Waals surface area contributed by atoms with Gasteiger partial charge in [0, 0.05) is 135 Å². The van der Waals surface area contributed by atoms with Crippen molar-refractivity contribution in [2.75, 3.05) is 13.2 Å². The van der Waals surface area contributed by atoms with Gasteiger partial charge in [0.05, 0.1) is 54.2 Å². The first-order valence-corrected chi connectivity index (χ1v) is 21.2. The van der Waals surface area contributed by atoms with Gasteiger partial charge in [-0.15, -0.1) is 0 Å². The molecule has 0 amide bonds. The summed E-state index contributed by atoms with van der Waals surface area (Å²) in [5, 5.41) is 80.1. The van der Waals surface area contributed by atoms with Gasteiger partial charge in [-0.2, -0.15) is 0 Å². The van der Waals surface area contributed by atoms with E-state index in [0.29, 0.717) is 24.0 Å². The molecule has 0 aromatic rings. The number of hydrogen-bond donors (Lipinski definition) is 7. The van der Waals surface area contributed by atoms with E-state index in [9.17, 15) is 45.3 Å². The Morgan fingerprint density at radius 3 is 1.53 bits per heavy atom. The van der Waals surface area contributed by atoms with Gasteiger partial charge in [0.2, 0.25) is 0 Å². The molecule has 2 radical (unpaired) electrons. The van der Waals surface area contributed by atoms with Crippen LogP contribution in [0.3, 0.4) is 0 Å². The van der Waals surface area contributed by atoms with Gasteiger partial charge in [-0.3, -0.25) is 9.59 Å². The Hall–Kier alpha value is 1.34. The number of aliphatic hydroxyl groups excluding tert-OH is 3. The van der Waals surface area contributed by atoms with Gasteiger partial charge in [0.1, 0.15) is 23.1 Å². The molecule has 59 heavy (non-hydrogen) atoms. The van der Waals surface area contributed by atoms with Crippen molar-refractivity contribution in [2.24, 2.45) is 63.1 Å². The summed E-state index contributed by atoms with van der Waals surface area (Å²) in [7, 11) is 0. The average molecular weight is 1260 g/mol. The molecule has 2 aliphatic heterocycles. The molecule has 11 nitrogen and oxygen atoms in total. The minimum absolute atomic E-state index is 0. The van der Waals surface area contributed by atoms with Crippen LogP contribution in [0.15, 0.2) is 22.3 Å². The summed E-state index contributed by atoms with van der Waals surface area (Å²) in [5.74, 6) is -2.28. The summed E-state index contributed by atoms with van der Waals surface area (Å²) < 4.78 is 11.2. The number of carbonyl (C=O) groups excluding carboxylic acids is 2. The summed E-state index contributed by atoms with van der Waals surface area (Å²) in [6.45, 7) is 25.6. The first kappa shape index (κ1) is 53.0. The molecule has 0 spiro atoms. The number of hydrogen-bond acceptors (Lipinski definition) is 11. The molecule has 4 saturated carbocycles. The van der Waals surface area contributed by atoms with Crippen molar-refractivity contribution in [1.29, 1.82) is 0 Å². The zero-order chi connectivity index (χ0) is 42.0. The van der Waals surface area contributed by atoms with E-state index < -0.39 is 86.1 Å². The van der Waals surface area contributed by atoms with Gasteiger partial charge in [-0.05, 0) is 68.4 Å². The van der Waals surface area contributed by atoms with Gasteiger partial charge in [0.25, 0.3) is 0 Å². The van der Waals surface area contributed by atoms with E-state index >= 15 is 0 Å². The second kappa shape index (κ2) is 16.3. The Kier molecular flexibility index (Phi) is 14.6. The third-order valence-corrected chi connectivity index (χ3v) is 18.9. The van der Waals surface area contributed by atoms with E-state index in [1.54, 1.807) is 34.6 Å². The summed E-state index contributed by atoms with van der Waals surface area (Å²) >= 11 is 0. The van der Waals surface area contributed by atoms with Gasteiger partial charge >= 0.3 is 0 Å². The van der Waals surface area contributed by atoms with E-state index in [4.69, 9.17) is 9.47 Å². The smallest absolute Gasteiger partial charge is 0.174 e. The zero-order valence-electron chi connectivity index (χ0n) is 37.1. The summed E-state index contributed by atoms with van der Waals surface area (Å²) in [6, 6.07) is 0. The Bertz CT molecular complexity index is 1650. The number of ketones is 2. The molecule has 2 heterocycles. The Labute approximate surface area is 424 Å². The molecule has 18 atom stereocenters. The minimum Gasteiger partial charge on any atom is -0.392 e. The molecule has 13 heteroatoms. The van der Waals surface area contributed by atoms with Crippen molar-refractivity contribution in [3.63, 3.8) is 0 Å². The molecule has 4 bridgehead atoms. The van der Waals surface area contributed by atoms with Crippen LogP contribution in [0.1, 0.15) is 123 Å². The van der Waals surface area contributed by atoms with E-state index in [-0.39, 0.29) is 163 Å². The van der Waals surface area contributed by atoms with Gasteiger partial charge in [-0.25, -0.2) is 0 Å². The topological polar surface area (TPSA) is 194 Å². The quantitative estimate of drug-likeness (QED) is 0.171. The second-order valence-electron chi connectivity index (χ2n) is 21.5. The maximum Gasteiger partial charge on any atom is 0.174 e. The number of Topliss-reactive ketones (excluding diaryl/α,β-unsaturated/α-hetero) is 2. The van der Waals surface area contributed by atoms with Crippen molar-refractivity contribution < 1.29 is 143 Å². The molecule has 330 valence electrons. The number of aliphatic hydroxyl groups is 7. The van der Waals surface area contributed by atoms with Gasteiger partial charge in [-0.1, -0.05) is 87.8 Å². The third-order valence-electron chi connectivity index (χ3n) is 18.9. The van der Waals surface area contributed by atoms with Crippen molar-refractivity contribution >= 4 is 11.6 Å². The second-order valence-corrected chi connectivity index (χ2v) is 21.5. The summed E-state index contributed by atoms with van der Waals surface area (Å²) in [6.07, 6.45) is -3.06. The summed E-state index contributed by atoms with van der Waals surface area (Å²) in [4.78, 5) is 27.7. The van der Waals surface area contributed by atoms with Crippen LogP contribution in [0.4, 0.5) is 0 Å². The maximum atomic E-state index is 14.1. The first-order chi connectivity index (χ1) is 25.5. The number of rotatable bonds is 0. The molecular weight excluding hydrogens is 1180 g/mol. The molecule has 7 N–H and O–H groups in total. The molecule has 2 saturated heterocycles. The molecule has 8 aliphatic rings.